The van der Waals surface area contributed by atoms with Crippen molar-refractivity contribution in [2.75, 3.05) is 5.32 Å². The van der Waals surface area contributed by atoms with Gasteiger partial charge in [-0.2, -0.15) is 0 Å². The summed E-state index contributed by atoms with van der Waals surface area (Å²) >= 11 is 0. The molecule has 10 heavy (non-hydrogen) atoms. The Morgan fingerprint density at radius 1 is 1.50 bits per heavy atom. The highest BCUT2D eigenvalue weighted by atomic mass is 16.5. The average Bonchev–Trinajstić information content (AvgIpc) is 2.05. The lowest BCUT2D eigenvalue weighted by atomic mass is 10.3. The van der Waals surface area contributed by atoms with E-state index >= 15 is 0 Å². The average molecular weight is 132 g/mol. The van der Waals surface area contributed by atoms with E-state index in [0.29, 0.717) is 0 Å². The van der Waals surface area contributed by atoms with E-state index in [4.69, 9.17) is 4.74 Å². The smallest absolute Gasteiger partial charge is 0.157 e. The van der Waals surface area contributed by atoms with Crippen molar-refractivity contribution in [3.8, 4) is 5.75 Å². The van der Waals surface area contributed by atoms with Gasteiger partial charge in [0, 0.05) is 12.3 Å². The molecule has 0 unspecified atom stereocenters. The third kappa shape index (κ3) is 0.739. The Kier molecular flexibility index (Phi) is 1.10. The molecule has 0 saturated heterocycles. The van der Waals surface area contributed by atoms with Crippen molar-refractivity contribution in [3.63, 3.8) is 0 Å². The van der Waals surface area contributed by atoms with Crippen molar-refractivity contribution in [1.29, 1.82) is 0 Å². The van der Waals surface area contributed by atoms with E-state index in [9.17, 15) is 0 Å². The van der Waals surface area contributed by atoms with Crippen molar-refractivity contribution < 1.29 is 4.74 Å². The number of ether oxygens (including phenoxy) is 1. The van der Waals surface area contributed by atoms with Crippen LogP contribution in [0.5, 0.6) is 5.75 Å². The molecule has 1 aromatic rings. The number of para-hydroxylation sites is 1. The van der Waals surface area contributed by atoms with Crippen LogP contribution in [0.15, 0.2) is 30.7 Å². The molecule has 1 aliphatic rings. The zero-order valence-electron chi connectivity index (χ0n) is 5.29. The minimum absolute atomic E-state index is 0.755. The molecule has 0 atom stereocenters. The summed E-state index contributed by atoms with van der Waals surface area (Å²) in [5.41, 5.74) is 0.963. The number of nitrogens with one attached hydrogen (secondary N) is 1. The van der Waals surface area contributed by atoms with E-state index < -0.39 is 0 Å². The first-order valence-electron chi connectivity index (χ1n) is 3.06. The quantitative estimate of drug-likeness (QED) is 0.580. The minimum Gasteiger partial charge on any atom is -0.461 e. The summed E-state index contributed by atoms with van der Waals surface area (Å²) in [7, 11) is 0. The maximum atomic E-state index is 5.12. The highest BCUT2D eigenvalue weighted by molar-refractivity contribution is 5.58. The Balaban J connectivity index is 2.47. The normalized spacial score (nSPS) is 13.2. The minimum atomic E-state index is 0.755. The molecule has 1 radical (unpaired) electrons. The van der Waals surface area contributed by atoms with Crippen molar-refractivity contribution >= 4 is 5.69 Å². The first-order valence-corrected chi connectivity index (χ1v) is 3.06. The van der Waals surface area contributed by atoms with E-state index in [-0.39, 0.29) is 0 Å². The van der Waals surface area contributed by atoms with Crippen LogP contribution in [0.2, 0.25) is 0 Å². The molecule has 0 aromatic heterocycles. The molecular weight excluding hydrogens is 126 g/mol. The van der Waals surface area contributed by atoms with Crippen LogP contribution in [0, 0.1) is 6.07 Å². The van der Waals surface area contributed by atoms with Gasteiger partial charge >= 0.3 is 0 Å². The van der Waals surface area contributed by atoms with E-state index in [1.54, 1.807) is 12.5 Å². The predicted molar refractivity (Wildman–Crippen MR) is 38.7 cm³/mol. The summed E-state index contributed by atoms with van der Waals surface area (Å²) in [5, 5.41) is 3.03. The molecule has 2 rings (SSSR count). The third-order valence-corrected chi connectivity index (χ3v) is 1.31. The van der Waals surface area contributed by atoms with Gasteiger partial charge < -0.3 is 10.1 Å². The van der Waals surface area contributed by atoms with Crippen LogP contribution < -0.4 is 10.1 Å². The number of hydrogen-bond acceptors (Lipinski definition) is 2. The molecule has 1 N–H and O–H groups in total. The molecule has 1 heterocycles. The van der Waals surface area contributed by atoms with Gasteiger partial charge in [0.15, 0.2) is 5.75 Å². The molecule has 0 spiro atoms. The van der Waals surface area contributed by atoms with Crippen LogP contribution in [-0.4, -0.2) is 0 Å². The summed E-state index contributed by atoms with van der Waals surface area (Å²) in [6.45, 7) is 0. The Morgan fingerprint density at radius 3 is 3.40 bits per heavy atom. The summed E-state index contributed by atoms with van der Waals surface area (Å²) < 4.78 is 5.12. The van der Waals surface area contributed by atoms with Gasteiger partial charge in [-0.25, -0.2) is 0 Å². The Morgan fingerprint density at radius 2 is 2.50 bits per heavy atom. The highest BCUT2D eigenvalue weighted by Crippen LogP contribution is 2.25. The molecule has 2 heteroatoms. The van der Waals surface area contributed by atoms with Crippen molar-refractivity contribution in [3.05, 3.63) is 36.7 Å². The van der Waals surface area contributed by atoms with Gasteiger partial charge in [0.25, 0.3) is 0 Å². The van der Waals surface area contributed by atoms with Gasteiger partial charge in [-0.1, -0.05) is 12.1 Å². The van der Waals surface area contributed by atoms with Gasteiger partial charge in [-0.3, -0.25) is 0 Å². The lowest BCUT2D eigenvalue weighted by molar-refractivity contribution is 0.476. The van der Waals surface area contributed by atoms with Crippen LogP contribution in [0.25, 0.3) is 0 Å². The van der Waals surface area contributed by atoms with Crippen molar-refractivity contribution in [1.82, 2.24) is 0 Å². The van der Waals surface area contributed by atoms with Gasteiger partial charge in [-0.05, 0) is 6.07 Å². The second-order valence-corrected chi connectivity index (χ2v) is 1.98. The van der Waals surface area contributed by atoms with E-state index in [0.717, 1.165) is 11.4 Å². The Hall–Kier alpha value is -1.44. The molecule has 2 nitrogen and oxygen atoms in total. The van der Waals surface area contributed by atoms with E-state index in [1.807, 2.05) is 18.2 Å². The molecule has 49 valence electrons. The van der Waals surface area contributed by atoms with Crippen LogP contribution in [0.4, 0.5) is 5.69 Å². The number of rotatable bonds is 0. The molecule has 0 amide bonds. The second-order valence-electron chi connectivity index (χ2n) is 1.98. The molecule has 1 aliphatic heterocycles. The monoisotopic (exact) mass is 132 g/mol. The van der Waals surface area contributed by atoms with Gasteiger partial charge in [0.2, 0.25) is 0 Å². The van der Waals surface area contributed by atoms with Crippen molar-refractivity contribution in [2.24, 2.45) is 0 Å². The number of hydrogen-bond donors (Lipinski definition) is 1. The topological polar surface area (TPSA) is 21.3 Å². The summed E-state index contributed by atoms with van der Waals surface area (Å²) in [5.74, 6) is 0.755. The molecule has 0 saturated carbocycles. The SMILES string of the molecule is [c]1cccc2c1OC=CN2. The van der Waals surface area contributed by atoms with Crippen LogP contribution in [-0.2, 0) is 0 Å². The predicted octanol–water partition coefficient (Wildman–Crippen LogP) is 1.76. The maximum absolute atomic E-state index is 5.12. The largest absolute Gasteiger partial charge is 0.461 e. The van der Waals surface area contributed by atoms with Crippen molar-refractivity contribution in [2.45, 2.75) is 0 Å². The third-order valence-electron chi connectivity index (χ3n) is 1.31. The fraction of sp³-hybridized carbons (Fsp3) is 0. The van der Waals surface area contributed by atoms with Crippen LogP contribution >= 0.6 is 0 Å². The first kappa shape index (κ1) is 5.35. The summed E-state index contributed by atoms with van der Waals surface area (Å²) in [4.78, 5) is 0. The maximum Gasteiger partial charge on any atom is 0.157 e. The second kappa shape index (κ2) is 2.06. The summed E-state index contributed by atoms with van der Waals surface area (Å²) in [6.07, 6.45) is 3.34. The number of anilines is 1. The fourth-order valence-electron chi connectivity index (χ4n) is 0.859. The Labute approximate surface area is 59.1 Å². The Bertz CT molecular complexity index is 241. The zero-order chi connectivity index (χ0) is 6.81. The molecule has 0 bridgehead atoms. The van der Waals surface area contributed by atoms with Gasteiger partial charge in [0.1, 0.15) is 6.26 Å². The molecular formula is C8H6NO. The number of benzene rings is 1. The summed E-state index contributed by atoms with van der Waals surface area (Å²) in [6, 6.07) is 8.62. The zero-order valence-corrected chi connectivity index (χ0v) is 5.29. The van der Waals surface area contributed by atoms with Crippen LogP contribution in [0.3, 0.4) is 0 Å². The van der Waals surface area contributed by atoms with Gasteiger partial charge in [0.05, 0.1) is 5.69 Å². The standard InChI is InChI=1S/C8H6NO/c1-2-4-8-7(3-1)9-5-6-10-8/h1-3,5-6,9H. The first-order chi connectivity index (χ1) is 4.97. The van der Waals surface area contributed by atoms with Crippen LogP contribution in [0.1, 0.15) is 0 Å². The lowest BCUT2D eigenvalue weighted by Crippen LogP contribution is -1.98. The van der Waals surface area contributed by atoms with E-state index in [1.165, 1.54) is 0 Å². The molecule has 1 aromatic carbocycles. The van der Waals surface area contributed by atoms with E-state index in [2.05, 4.69) is 11.4 Å². The highest BCUT2D eigenvalue weighted by Gasteiger charge is 2.02. The molecule has 0 fully saturated rings. The number of fused-ring (bicyclic) bond motifs is 1. The van der Waals surface area contributed by atoms with Gasteiger partial charge in [-0.15, -0.1) is 0 Å². The lowest BCUT2D eigenvalue weighted by Gasteiger charge is -2.11. The fourth-order valence-corrected chi connectivity index (χ4v) is 0.859. The molecule has 0 aliphatic carbocycles.